The van der Waals surface area contributed by atoms with E-state index in [1.54, 1.807) is 28.6 Å². The van der Waals surface area contributed by atoms with Crippen LogP contribution < -0.4 is 0 Å². The summed E-state index contributed by atoms with van der Waals surface area (Å²) in [5.41, 5.74) is 0. The molecule has 0 amide bonds. The van der Waals surface area contributed by atoms with Gasteiger partial charge in [-0.3, -0.25) is 0 Å². The Balaban J connectivity index is 1.99. The van der Waals surface area contributed by atoms with Gasteiger partial charge in [-0.15, -0.1) is 0 Å². The van der Waals surface area contributed by atoms with Crippen molar-refractivity contribution in [3.8, 4) is 0 Å². The Hall–Kier alpha value is -0.580. The number of halogens is 1. The summed E-state index contributed by atoms with van der Waals surface area (Å²) in [4.78, 5) is 0.338. The zero-order valence-electron chi connectivity index (χ0n) is 10.5. The molecule has 0 bridgehead atoms. The van der Waals surface area contributed by atoms with Crippen molar-refractivity contribution in [3.63, 3.8) is 0 Å². The lowest BCUT2D eigenvalue weighted by atomic mass is 10.2. The standard InChI is InChI=1S/C13H18ClNO2S/c1-2-3-4-5-12-10-15(12)18(16,17)13-8-6-11(14)7-9-13/h6-9,12H,2-5,10H2,1H3. The number of unbranched alkanes of at least 4 members (excludes halogenated alkanes) is 2. The van der Waals surface area contributed by atoms with E-state index in [2.05, 4.69) is 6.92 Å². The summed E-state index contributed by atoms with van der Waals surface area (Å²) >= 11 is 5.76. The molecule has 0 spiro atoms. The largest absolute Gasteiger partial charge is 0.243 e. The first-order valence-corrected chi connectivity index (χ1v) is 8.15. The van der Waals surface area contributed by atoms with E-state index in [9.17, 15) is 8.42 Å². The quantitative estimate of drug-likeness (QED) is 0.595. The van der Waals surface area contributed by atoms with Crippen molar-refractivity contribution in [3.05, 3.63) is 29.3 Å². The third-order valence-electron chi connectivity index (χ3n) is 3.23. The SMILES string of the molecule is CCCCCC1CN1S(=O)(=O)c1ccc(Cl)cc1. The van der Waals surface area contributed by atoms with Crippen LogP contribution in [0.25, 0.3) is 0 Å². The second kappa shape index (κ2) is 5.59. The first-order valence-electron chi connectivity index (χ1n) is 6.33. The van der Waals surface area contributed by atoms with Gasteiger partial charge in [0.15, 0.2) is 0 Å². The molecule has 100 valence electrons. The molecule has 1 aliphatic heterocycles. The highest BCUT2D eigenvalue weighted by Crippen LogP contribution is 2.31. The minimum absolute atomic E-state index is 0.206. The molecular weight excluding hydrogens is 270 g/mol. The monoisotopic (exact) mass is 287 g/mol. The van der Waals surface area contributed by atoms with E-state index in [-0.39, 0.29) is 6.04 Å². The second-order valence-electron chi connectivity index (χ2n) is 4.68. The average Bonchev–Trinajstić information content (AvgIpc) is 3.10. The summed E-state index contributed by atoms with van der Waals surface area (Å²) in [6.07, 6.45) is 4.41. The predicted octanol–water partition coefficient (Wildman–Crippen LogP) is 3.29. The van der Waals surface area contributed by atoms with Gasteiger partial charge in [0.2, 0.25) is 10.0 Å². The van der Waals surface area contributed by atoms with Crippen molar-refractivity contribution in [1.82, 2.24) is 4.31 Å². The van der Waals surface area contributed by atoms with Gasteiger partial charge in [-0.1, -0.05) is 37.8 Å². The molecule has 0 saturated carbocycles. The number of sulfonamides is 1. The number of benzene rings is 1. The maximum Gasteiger partial charge on any atom is 0.243 e. The minimum Gasteiger partial charge on any atom is -0.207 e. The normalized spacial score (nSPS) is 23.0. The van der Waals surface area contributed by atoms with Crippen LogP contribution in [-0.2, 0) is 10.0 Å². The molecule has 2 rings (SSSR count). The van der Waals surface area contributed by atoms with Crippen molar-refractivity contribution >= 4 is 21.6 Å². The van der Waals surface area contributed by atoms with Crippen LogP contribution in [0, 0.1) is 0 Å². The number of hydrogen-bond acceptors (Lipinski definition) is 2. The van der Waals surface area contributed by atoms with Gasteiger partial charge in [-0.2, -0.15) is 4.31 Å². The third kappa shape index (κ3) is 3.05. The molecule has 1 saturated heterocycles. The summed E-state index contributed by atoms with van der Waals surface area (Å²) in [6.45, 7) is 2.81. The second-order valence-corrected chi connectivity index (χ2v) is 7.01. The van der Waals surface area contributed by atoms with Crippen LogP contribution in [0.5, 0.6) is 0 Å². The zero-order chi connectivity index (χ0) is 13.2. The lowest BCUT2D eigenvalue weighted by Crippen LogP contribution is -2.14. The van der Waals surface area contributed by atoms with E-state index < -0.39 is 10.0 Å². The molecule has 5 heteroatoms. The van der Waals surface area contributed by atoms with Gasteiger partial charge in [-0.25, -0.2) is 8.42 Å². The number of rotatable bonds is 6. The summed E-state index contributed by atoms with van der Waals surface area (Å²) in [5.74, 6) is 0. The summed E-state index contributed by atoms with van der Waals surface area (Å²) in [6, 6.07) is 6.57. The van der Waals surface area contributed by atoms with Gasteiger partial charge in [-0.05, 0) is 30.7 Å². The van der Waals surface area contributed by atoms with Crippen LogP contribution in [0.2, 0.25) is 5.02 Å². The predicted molar refractivity (Wildman–Crippen MR) is 73.3 cm³/mol. The first kappa shape index (κ1) is 13.8. The van der Waals surface area contributed by atoms with Gasteiger partial charge in [0.1, 0.15) is 0 Å². The molecule has 18 heavy (non-hydrogen) atoms. The van der Waals surface area contributed by atoms with Crippen molar-refractivity contribution in [2.45, 2.75) is 43.5 Å². The highest BCUT2D eigenvalue weighted by atomic mass is 35.5. The summed E-state index contributed by atoms with van der Waals surface area (Å²) < 4.78 is 26.0. The fourth-order valence-corrected chi connectivity index (χ4v) is 3.81. The average molecular weight is 288 g/mol. The lowest BCUT2D eigenvalue weighted by Gasteiger charge is -2.06. The molecule has 0 aliphatic carbocycles. The van der Waals surface area contributed by atoms with E-state index in [4.69, 9.17) is 11.6 Å². The van der Waals surface area contributed by atoms with E-state index in [0.717, 1.165) is 19.3 Å². The van der Waals surface area contributed by atoms with E-state index >= 15 is 0 Å². The van der Waals surface area contributed by atoms with Gasteiger partial charge >= 0.3 is 0 Å². The maximum absolute atomic E-state index is 12.2. The fraction of sp³-hybridized carbons (Fsp3) is 0.538. The smallest absolute Gasteiger partial charge is 0.207 e. The van der Waals surface area contributed by atoms with Gasteiger partial charge in [0.25, 0.3) is 0 Å². The van der Waals surface area contributed by atoms with Crippen molar-refractivity contribution in [1.29, 1.82) is 0 Å². The zero-order valence-corrected chi connectivity index (χ0v) is 12.0. The molecule has 0 N–H and O–H groups in total. The Bertz CT molecular complexity index is 498. The summed E-state index contributed by atoms with van der Waals surface area (Å²) in [7, 11) is -3.29. The number of hydrogen-bond donors (Lipinski definition) is 0. The van der Waals surface area contributed by atoms with Gasteiger partial charge in [0, 0.05) is 17.6 Å². The van der Waals surface area contributed by atoms with E-state index in [1.807, 2.05) is 0 Å². The molecule has 0 aromatic heterocycles. The van der Waals surface area contributed by atoms with Crippen molar-refractivity contribution < 1.29 is 8.42 Å². The first-order chi connectivity index (χ1) is 8.55. The van der Waals surface area contributed by atoms with Crippen molar-refractivity contribution in [2.75, 3.05) is 6.54 Å². The highest BCUT2D eigenvalue weighted by molar-refractivity contribution is 7.89. The Labute approximate surface area is 114 Å². The summed E-state index contributed by atoms with van der Waals surface area (Å²) in [5, 5.41) is 0.555. The minimum atomic E-state index is -3.29. The third-order valence-corrected chi connectivity index (χ3v) is 5.41. The Kier molecular flexibility index (Phi) is 4.30. The van der Waals surface area contributed by atoms with Crippen LogP contribution >= 0.6 is 11.6 Å². The molecule has 2 unspecified atom stereocenters. The van der Waals surface area contributed by atoms with Gasteiger partial charge < -0.3 is 0 Å². The molecule has 1 aromatic carbocycles. The van der Waals surface area contributed by atoms with Crippen LogP contribution in [0.15, 0.2) is 29.2 Å². The van der Waals surface area contributed by atoms with Crippen molar-refractivity contribution in [2.24, 2.45) is 0 Å². The molecular formula is C13H18ClNO2S. The van der Waals surface area contributed by atoms with E-state index in [1.165, 1.54) is 6.42 Å². The molecule has 3 nitrogen and oxygen atoms in total. The topological polar surface area (TPSA) is 37.1 Å². The molecule has 2 atom stereocenters. The van der Waals surface area contributed by atoms with Crippen LogP contribution in [0.3, 0.4) is 0 Å². The lowest BCUT2D eigenvalue weighted by molar-refractivity contribution is 0.540. The Morgan fingerprint density at radius 1 is 1.28 bits per heavy atom. The molecule has 0 radical (unpaired) electrons. The number of nitrogens with zero attached hydrogens (tertiary/aromatic N) is 1. The van der Waals surface area contributed by atoms with Crippen LogP contribution in [-0.4, -0.2) is 25.3 Å². The molecule has 1 fully saturated rings. The molecule has 1 heterocycles. The molecule has 1 aromatic rings. The van der Waals surface area contributed by atoms with Crippen LogP contribution in [0.4, 0.5) is 0 Å². The van der Waals surface area contributed by atoms with Crippen LogP contribution in [0.1, 0.15) is 32.6 Å². The highest BCUT2D eigenvalue weighted by Gasteiger charge is 2.43. The fourth-order valence-electron chi connectivity index (χ4n) is 2.06. The Morgan fingerprint density at radius 2 is 1.94 bits per heavy atom. The van der Waals surface area contributed by atoms with E-state index in [0.29, 0.717) is 16.5 Å². The molecule has 1 aliphatic rings. The Morgan fingerprint density at radius 3 is 2.56 bits per heavy atom. The van der Waals surface area contributed by atoms with Gasteiger partial charge in [0.05, 0.1) is 4.90 Å². The maximum atomic E-state index is 12.2.